The molecule has 2 aliphatic rings. The molecule has 12 heteroatoms. The molecule has 0 saturated carbocycles. The SMILES string of the molecule is CN=C(NCCCCN1CCOCC1)NCC1CCN(S(=O)(=O)C(F)(F)F)CC1. The Kier molecular flexibility index (Phi) is 9.44. The quantitative estimate of drug-likeness (QED) is 0.328. The summed E-state index contributed by atoms with van der Waals surface area (Å²) in [6.45, 7) is 5.74. The lowest BCUT2D eigenvalue weighted by atomic mass is 9.98. The van der Waals surface area contributed by atoms with Crippen LogP contribution in [0.1, 0.15) is 25.7 Å². The third kappa shape index (κ3) is 7.58. The first-order valence-corrected chi connectivity index (χ1v) is 11.5. The maximum absolute atomic E-state index is 12.6. The van der Waals surface area contributed by atoms with Gasteiger partial charge in [0.15, 0.2) is 5.96 Å². The van der Waals surface area contributed by atoms with E-state index < -0.39 is 15.5 Å². The number of rotatable bonds is 8. The molecule has 0 bridgehead atoms. The maximum atomic E-state index is 12.6. The zero-order chi connectivity index (χ0) is 21.3. The number of alkyl halides is 3. The van der Waals surface area contributed by atoms with E-state index in [4.69, 9.17) is 4.74 Å². The first-order valence-electron chi connectivity index (χ1n) is 10.0. The lowest BCUT2D eigenvalue weighted by molar-refractivity contribution is -0.0496. The lowest BCUT2D eigenvalue weighted by Crippen LogP contribution is -2.47. The average molecular weight is 444 g/mol. The van der Waals surface area contributed by atoms with Crippen LogP contribution in [0.15, 0.2) is 4.99 Å². The first-order chi connectivity index (χ1) is 13.7. The van der Waals surface area contributed by atoms with Crippen molar-refractivity contribution in [3.8, 4) is 0 Å². The minimum absolute atomic E-state index is 0.106. The van der Waals surface area contributed by atoms with Gasteiger partial charge in [-0.25, -0.2) is 8.42 Å². The van der Waals surface area contributed by atoms with Gasteiger partial charge in [0.2, 0.25) is 0 Å². The van der Waals surface area contributed by atoms with Gasteiger partial charge >= 0.3 is 15.5 Å². The van der Waals surface area contributed by atoms with Crippen LogP contribution >= 0.6 is 0 Å². The van der Waals surface area contributed by atoms with Gasteiger partial charge in [-0.2, -0.15) is 17.5 Å². The number of guanidine groups is 1. The second-order valence-corrected chi connectivity index (χ2v) is 9.26. The highest BCUT2D eigenvalue weighted by atomic mass is 32.2. The molecule has 2 saturated heterocycles. The molecule has 0 radical (unpaired) electrons. The van der Waals surface area contributed by atoms with Gasteiger partial charge in [0.1, 0.15) is 0 Å². The van der Waals surface area contributed by atoms with Crippen LogP contribution in [0.4, 0.5) is 13.2 Å². The molecule has 0 spiro atoms. The Morgan fingerprint density at radius 2 is 1.76 bits per heavy atom. The molecule has 8 nitrogen and oxygen atoms in total. The smallest absolute Gasteiger partial charge is 0.379 e. The standard InChI is InChI=1S/C17H32F3N5O3S/c1-21-16(22-6-2-3-7-24-10-12-28-13-11-24)23-14-15-4-8-25(9-5-15)29(26,27)17(18,19)20/h15H,2-14H2,1H3,(H2,21,22,23). The van der Waals surface area contributed by atoms with E-state index in [1.54, 1.807) is 7.05 Å². The molecule has 2 aliphatic heterocycles. The molecular weight excluding hydrogens is 411 g/mol. The number of unbranched alkanes of at least 4 members (excludes halogenated alkanes) is 1. The summed E-state index contributed by atoms with van der Waals surface area (Å²) in [4.78, 5) is 6.55. The Hall–Kier alpha value is -1.11. The van der Waals surface area contributed by atoms with Gasteiger partial charge in [-0.15, -0.1) is 0 Å². The Labute approximate surface area is 170 Å². The summed E-state index contributed by atoms with van der Waals surface area (Å²) in [6.07, 6.45) is 2.86. The Morgan fingerprint density at radius 1 is 1.10 bits per heavy atom. The summed E-state index contributed by atoms with van der Waals surface area (Å²) in [7, 11) is -3.55. The molecule has 0 aliphatic carbocycles. The summed E-state index contributed by atoms with van der Waals surface area (Å²) >= 11 is 0. The summed E-state index contributed by atoms with van der Waals surface area (Å²) in [5.41, 5.74) is -5.23. The average Bonchev–Trinajstić information content (AvgIpc) is 2.70. The monoisotopic (exact) mass is 443 g/mol. The number of morpholine rings is 1. The number of ether oxygens (including phenoxy) is 1. The number of sulfonamides is 1. The van der Waals surface area contributed by atoms with Gasteiger partial charge in [-0.1, -0.05) is 0 Å². The highest BCUT2D eigenvalue weighted by Gasteiger charge is 2.50. The van der Waals surface area contributed by atoms with E-state index >= 15 is 0 Å². The minimum Gasteiger partial charge on any atom is -0.379 e. The van der Waals surface area contributed by atoms with Crippen LogP contribution in [0, 0.1) is 5.92 Å². The summed E-state index contributed by atoms with van der Waals surface area (Å²) < 4.78 is 66.6. The molecule has 0 unspecified atom stereocenters. The number of aliphatic imine (C=N–C) groups is 1. The fraction of sp³-hybridized carbons (Fsp3) is 0.941. The molecule has 0 aromatic heterocycles. The second kappa shape index (κ2) is 11.3. The van der Waals surface area contributed by atoms with Crippen molar-refractivity contribution in [2.75, 3.05) is 66.1 Å². The minimum atomic E-state index is -5.23. The van der Waals surface area contributed by atoms with Crippen molar-refractivity contribution < 1.29 is 26.3 Å². The van der Waals surface area contributed by atoms with Crippen molar-refractivity contribution in [3.63, 3.8) is 0 Å². The van der Waals surface area contributed by atoms with Crippen LogP contribution in [0.5, 0.6) is 0 Å². The van der Waals surface area contributed by atoms with E-state index in [1.807, 2.05) is 0 Å². The topological polar surface area (TPSA) is 86.3 Å². The molecule has 2 rings (SSSR count). The van der Waals surface area contributed by atoms with Crippen LogP contribution in [-0.2, 0) is 14.8 Å². The van der Waals surface area contributed by atoms with Crippen molar-refractivity contribution >= 4 is 16.0 Å². The van der Waals surface area contributed by atoms with E-state index in [9.17, 15) is 21.6 Å². The fourth-order valence-electron chi connectivity index (χ4n) is 3.45. The van der Waals surface area contributed by atoms with Gasteiger partial charge in [-0.3, -0.25) is 9.89 Å². The predicted molar refractivity (Wildman–Crippen MR) is 105 cm³/mol. The van der Waals surface area contributed by atoms with Crippen molar-refractivity contribution in [1.82, 2.24) is 19.8 Å². The van der Waals surface area contributed by atoms with Crippen molar-refractivity contribution in [2.45, 2.75) is 31.2 Å². The molecule has 0 aromatic carbocycles. The van der Waals surface area contributed by atoms with E-state index in [1.165, 1.54) is 0 Å². The Morgan fingerprint density at radius 3 is 2.34 bits per heavy atom. The number of halogens is 3. The van der Waals surface area contributed by atoms with Crippen LogP contribution in [-0.4, -0.2) is 95.2 Å². The number of nitrogens with one attached hydrogen (secondary N) is 2. The van der Waals surface area contributed by atoms with Crippen molar-refractivity contribution in [1.29, 1.82) is 0 Å². The Balaban J connectivity index is 1.60. The number of nitrogens with zero attached hydrogens (tertiary/aromatic N) is 3. The number of piperidine rings is 1. The van der Waals surface area contributed by atoms with Crippen molar-refractivity contribution in [2.24, 2.45) is 10.9 Å². The van der Waals surface area contributed by atoms with Crippen LogP contribution in [0.25, 0.3) is 0 Å². The first kappa shape index (κ1) is 24.2. The molecule has 170 valence electrons. The van der Waals surface area contributed by atoms with Gasteiger partial charge in [0, 0.05) is 46.3 Å². The summed E-state index contributed by atoms with van der Waals surface area (Å²) in [6, 6.07) is 0. The van der Waals surface area contributed by atoms with Crippen LogP contribution in [0.2, 0.25) is 0 Å². The van der Waals surface area contributed by atoms with Gasteiger partial charge in [0.05, 0.1) is 13.2 Å². The molecule has 0 amide bonds. The molecule has 29 heavy (non-hydrogen) atoms. The van der Waals surface area contributed by atoms with E-state index in [0.29, 0.717) is 29.7 Å². The second-order valence-electron chi connectivity index (χ2n) is 7.33. The fourth-order valence-corrected chi connectivity index (χ4v) is 4.44. The molecule has 2 heterocycles. The maximum Gasteiger partial charge on any atom is 0.511 e. The highest BCUT2D eigenvalue weighted by Crippen LogP contribution is 2.30. The predicted octanol–water partition coefficient (Wildman–Crippen LogP) is 0.825. The Bertz CT molecular complexity index is 616. The third-order valence-corrected chi connectivity index (χ3v) is 6.91. The van der Waals surface area contributed by atoms with Gasteiger partial charge in [-0.05, 0) is 38.1 Å². The molecular formula is C17H32F3N5O3S. The zero-order valence-corrected chi connectivity index (χ0v) is 17.7. The summed E-state index contributed by atoms with van der Waals surface area (Å²) in [5.74, 6) is 0.760. The third-order valence-electron chi connectivity index (χ3n) is 5.28. The zero-order valence-electron chi connectivity index (χ0n) is 16.9. The van der Waals surface area contributed by atoms with E-state index in [0.717, 1.165) is 52.2 Å². The van der Waals surface area contributed by atoms with Gasteiger partial charge < -0.3 is 15.4 Å². The largest absolute Gasteiger partial charge is 0.511 e. The molecule has 2 fully saturated rings. The van der Waals surface area contributed by atoms with E-state index in [-0.39, 0.29) is 19.0 Å². The molecule has 0 atom stereocenters. The van der Waals surface area contributed by atoms with Gasteiger partial charge in [0.25, 0.3) is 0 Å². The molecule has 0 aromatic rings. The molecule has 2 N–H and O–H groups in total. The highest BCUT2D eigenvalue weighted by molar-refractivity contribution is 7.90. The van der Waals surface area contributed by atoms with Crippen molar-refractivity contribution in [3.05, 3.63) is 0 Å². The van der Waals surface area contributed by atoms with E-state index in [2.05, 4.69) is 20.5 Å². The number of hydrogen-bond acceptors (Lipinski definition) is 5. The summed E-state index contributed by atoms with van der Waals surface area (Å²) in [5, 5.41) is 6.43. The van der Waals surface area contributed by atoms with Crippen LogP contribution < -0.4 is 10.6 Å². The normalized spacial score (nSPS) is 21.3. The van der Waals surface area contributed by atoms with Crippen LogP contribution in [0.3, 0.4) is 0 Å². The number of hydrogen-bond donors (Lipinski definition) is 2. The lowest BCUT2D eigenvalue weighted by Gasteiger charge is -2.31.